The summed E-state index contributed by atoms with van der Waals surface area (Å²) in [6, 6.07) is 21.5. The van der Waals surface area contributed by atoms with Crippen molar-refractivity contribution in [3.05, 3.63) is 100 Å². The Labute approximate surface area is 213 Å². The summed E-state index contributed by atoms with van der Waals surface area (Å²) in [5, 5.41) is 8.08. The van der Waals surface area contributed by atoms with E-state index in [1.54, 1.807) is 48.2 Å². The normalized spacial score (nSPS) is 14.6. The number of carbonyl (C=O) groups is 2. The molecule has 1 aromatic heterocycles. The van der Waals surface area contributed by atoms with E-state index >= 15 is 0 Å². The van der Waals surface area contributed by atoms with Crippen LogP contribution >= 0.6 is 11.6 Å². The van der Waals surface area contributed by atoms with Crippen LogP contribution in [-0.2, 0) is 4.74 Å². The van der Waals surface area contributed by atoms with E-state index in [2.05, 4.69) is 10.2 Å². The minimum atomic E-state index is -0.446. The van der Waals surface area contributed by atoms with Gasteiger partial charge in [-0.2, -0.15) is 5.10 Å². The first-order chi connectivity index (χ1) is 17.5. The Hall–Kier alpha value is -4.10. The highest BCUT2D eigenvalue weighted by atomic mass is 35.5. The van der Waals surface area contributed by atoms with Crippen LogP contribution in [-0.4, -0.2) is 35.3 Å². The molecule has 0 aliphatic carbocycles. The van der Waals surface area contributed by atoms with Crippen molar-refractivity contribution in [1.82, 2.24) is 10.2 Å². The molecule has 8 heteroatoms. The van der Waals surface area contributed by atoms with E-state index in [9.17, 15) is 9.59 Å². The number of benzene rings is 3. The number of H-pyrrole nitrogens is 1. The monoisotopic (exact) mass is 501 g/mol. The van der Waals surface area contributed by atoms with Gasteiger partial charge in [-0.05, 0) is 80.1 Å². The average molecular weight is 502 g/mol. The first-order valence-corrected chi connectivity index (χ1v) is 12.1. The average Bonchev–Trinajstić information content (AvgIpc) is 3.44. The molecule has 2 heterocycles. The number of ether oxygens (including phenoxy) is 2. The second kappa shape index (κ2) is 9.87. The van der Waals surface area contributed by atoms with Crippen molar-refractivity contribution in [2.24, 2.45) is 0 Å². The third kappa shape index (κ3) is 4.22. The molecule has 1 atom stereocenters. The zero-order valence-electron chi connectivity index (χ0n) is 19.8. The molecule has 0 bridgehead atoms. The predicted molar refractivity (Wildman–Crippen MR) is 138 cm³/mol. The van der Waals surface area contributed by atoms with Gasteiger partial charge >= 0.3 is 5.97 Å². The Morgan fingerprint density at radius 2 is 1.67 bits per heavy atom. The van der Waals surface area contributed by atoms with E-state index in [1.165, 1.54) is 0 Å². The molecule has 1 N–H and O–H groups in total. The van der Waals surface area contributed by atoms with Crippen molar-refractivity contribution < 1.29 is 19.1 Å². The highest BCUT2D eigenvalue weighted by molar-refractivity contribution is 6.30. The fourth-order valence-electron chi connectivity index (χ4n) is 4.44. The number of esters is 1. The van der Waals surface area contributed by atoms with Crippen molar-refractivity contribution in [2.45, 2.75) is 19.9 Å². The van der Waals surface area contributed by atoms with Crippen LogP contribution < -0.4 is 9.64 Å². The molecule has 3 aromatic carbocycles. The minimum Gasteiger partial charge on any atom is -0.494 e. The van der Waals surface area contributed by atoms with Gasteiger partial charge in [-0.3, -0.25) is 14.8 Å². The number of nitrogens with one attached hydrogen (secondary N) is 1. The summed E-state index contributed by atoms with van der Waals surface area (Å²) in [5.41, 5.74) is 4.71. The topological polar surface area (TPSA) is 84.5 Å². The number of carbonyl (C=O) groups excluding carboxylic acids is 2. The zero-order valence-corrected chi connectivity index (χ0v) is 20.6. The molecule has 1 amide bonds. The molecule has 0 radical (unpaired) electrons. The van der Waals surface area contributed by atoms with E-state index in [4.69, 9.17) is 21.1 Å². The third-order valence-electron chi connectivity index (χ3n) is 6.05. The lowest BCUT2D eigenvalue weighted by molar-refractivity contribution is 0.0526. The molecule has 4 aromatic rings. The van der Waals surface area contributed by atoms with Crippen LogP contribution in [0.2, 0.25) is 5.02 Å². The van der Waals surface area contributed by atoms with Gasteiger partial charge in [-0.1, -0.05) is 23.7 Å². The minimum absolute atomic E-state index is 0.210. The van der Waals surface area contributed by atoms with Gasteiger partial charge < -0.3 is 9.47 Å². The molecule has 7 nitrogen and oxygen atoms in total. The maximum atomic E-state index is 13.7. The standard InChI is InChI=1S/C28H24ClN3O4/c1-3-35-22-15-9-17(10-16-22)24-23-25(31-30-24)27(33)32(26(23)18-5-11-20(29)12-6-18)21-13-7-19(8-14-21)28(34)36-4-2/h5-16,26H,3-4H2,1-2H3,(H,30,31)/t26-/m1/s1. The highest BCUT2D eigenvalue weighted by Crippen LogP contribution is 2.45. The van der Waals surface area contributed by atoms with Crippen molar-refractivity contribution in [3.63, 3.8) is 0 Å². The maximum Gasteiger partial charge on any atom is 0.338 e. The zero-order chi connectivity index (χ0) is 25.2. The van der Waals surface area contributed by atoms with E-state index in [0.29, 0.717) is 40.9 Å². The van der Waals surface area contributed by atoms with E-state index < -0.39 is 12.0 Å². The Kier molecular flexibility index (Phi) is 6.48. The van der Waals surface area contributed by atoms with E-state index in [1.807, 2.05) is 43.3 Å². The summed E-state index contributed by atoms with van der Waals surface area (Å²) >= 11 is 6.17. The highest BCUT2D eigenvalue weighted by Gasteiger charge is 2.43. The van der Waals surface area contributed by atoms with Crippen LogP contribution in [0.1, 0.15) is 51.9 Å². The number of amides is 1. The van der Waals surface area contributed by atoms with Gasteiger partial charge in [0.15, 0.2) is 0 Å². The molecular weight excluding hydrogens is 478 g/mol. The van der Waals surface area contributed by atoms with Gasteiger partial charge in [0, 0.05) is 21.8 Å². The number of halogens is 1. The Morgan fingerprint density at radius 1 is 0.972 bits per heavy atom. The van der Waals surface area contributed by atoms with Crippen molar-refractivity contribution in [1.29, 1.82) is 0 Å². The van der Waals surface area contributed by atoms with Gasteiger partial charge in [-0.15, -0.1) is 0 Å². The number of hydrogen-bond donors (Lipinski definition) is 1. The molecule has 5 rings (SSSR count). The van der Waals surface area contributed by atoms with Gasteiger partial charge in [0.05, 0.1) is 30.5 Å². The molecule has 1 aliphatic heterocycles. The summed E-state index contributed by atoms with van der Waals surface area (Å²) in [6.07, 6.45) is 0. The molecule has 182 valence electrons. The fourth-order valence-corrected chi connectivity index (χ4v) is 4.57. The molecule has 1 aliphatic rings. The summed E-state index contributed by atoms with van der Waals surface area (Å²) in [4.78, 5) is 27.5. The van der Waals surface area contributed by atoms with Crippen LogP contribution in [0.3, 0.4) is 0 Å². The number of nitrogens with zero attached hydrogens (tertiary/aromatic N) is 2. The lowest BCUT2D eigenvalue weighted by atomic mass is 9.96. The van der Waals surface area contributed by atoms with Crippen LogP contribution in [0.4, 0.5) is 5.69 Å². The first-order valence-electron chi connectivity index (χ1n) is 11.7. The SMILES string of the molecule is CCOC(=O)c1ccc(N2C(=O)c3[nH]nc(-c4ccc(OCC)cc4)c3[C@H]2c2ccc(Cl)cc2)cc1. The molecular formula is C28H24ClN3O4. The second-order valence-electron chi connectivity index (χ2n) is 8.21. The van der Waals surface area contributed by atoms with E-state index in [-0.39, 0.29) is 5.91 Å². The number of fused-ring (bicyclic) bond motifs is 1. The van der Waals surface area contributed by atoms with Crippen molar-refractivity contribution >= 4 is 29.2 Å². The molecule has 0 spiro atoms. The van der Waals surface area contributed by atoms with Gasteiger partial charge in [0.1, 0.15) is 11.4 Å². The van der Waals surface area contributed by atoms with Crippen molar-refractivity contribution in [2.75, 3.05) is 18.1 Å². The molecule has 0 fully saturated rings. The fraction of sp³-hybridized carbons (Fsp3) is 0.179. The van der Waals surface area contributed by atoms with Crippen molar-refractivity contribution in [3.8, 4) is 17.0 Å². The Morgan fingerprint density at radius 3 is 2.31 bits per heavy atom. The summed E-state index contributed by atoms with van der Waals surface area (Å²) in [6.45, 7) is 4.56. The van der Waals surface area contributed by atoms with Crippen LogP contribution in [0, 0.1) is 0 Å². The number of aromatic amines is 1. The Balaban J connectivity index is 1.60. The predicted octanol–water partition coefficient (Wildman–Crippen LogP) is 6.06. The molecule has 36 heavy (non-hydrogen) atoms. The molecule has 0 saturated carbocycles. The van der Waals surface area contributed by atoms with E-state index in [0.717, 1.165) is 22.4 Å². The summed E-state index contributed by atoms with van der Waals surface area (Å²) < 4.78 is 10.7. The van der Waals surface area contributed by atoms with Crippen LogP contribution in [0.25, 0.3) is 11.3 Å². The number of aromatic nitrogens is 2. The number of anilines is 1. The van der Waals surface area contributed by atoms with Crippen LogP contribution in [0.15, 0.2) is 72.8 Å². The smallest absolute Gasteiger partial charge is 0.338 e. The van der Waals surface area contributed by atoms with Crippen LogP contribution in [0.5, 0.6) is 5.75 Å². The van der Waals surface area contributed by atoms with Gasteiger partial charge in [0.25, 0.3) is 5.91 Å². The maximum absolute atomic E-state index is 13.7. The summed E-state index contributed by atoms with van der Waals surface area (Å²) in [7, 11) is 0. The first kappa shape index (κ1) is 23.6. The third-order valence-corrected chi connectivity index (χ3v) is 6.30. The van der Waals surface area contributed by atoms with Gasteiger partial charge in [-0.25, -0.2) is 4.79 Å². The largest absolute Gasteiger partial charge is 0.494 e. The Bertz CT molecular complexity index is 1400. The number of hydrogen-bond acceptors (Lipinski definition) is 5. The molecule has 0 unspecified atom stereocenters. The van der Waals surface area contributed by atoms with Gasteiger partial charge in [0.2, 0.25) is 0 Å². The lowest BCUT2D eigenvalue weighted by Gasteiger charge is -2.26. The quantitative estimate of drug-likeness (QED) is 0.311. The lowest BCUT2D eigenvalue weighted by Crippen LogP contribution is -2.29. The second-order valence-corrected chi connectivity index (χ2v) is 8.65. The summed E-state index contributed by atoms with van der Waals surface area (Å²) in [5.74, 6) is 0.152. The number of rotatable bonds is 7. The molecule has 0 saturated heterocycles.